The van der Waals surface area contributed by atoms with E-state index >= 15 is 0 Å². The fourth-order valence-electron chi connectivity index (χ4n) is 3.80. The maximum absolute atomic E-state index is 11.7. The molecular formula is C15H29NO. The molecule has 0 spiro atoms. The summed E-state index contributed by atoms with van der Waals surface area (Å²) in [6, 6.07) is 0. The number of nitrogens with one attached hydrogen (secondary N) is 1. The van der Waals surface area contributed by atoms with Crippen LogP contribution in [-0.2, 0) is 4.79 Å². The first-order valence-corrected chi connectivity index (χ1v) is 6.91. The standard InChI is InChI=1S/C15H29NO/c1-11(2)13(17)16-10-15(6)8-12(3)7-14(4,5)9-15/h11-12H,7-10H2,1-6H3,(H,16,17). The van der Waals surface area contributed by atoms with E-state index in [4.69, 9.17) is 0 Å². The van der Waals surface area contributed by atoms with E-state index in [1.54, 1.807) is 0 Å². The third-order valence-corrected chi connectivity index (χ3v) is 3.86. The van der Waals surface area contributed by atoms with Crippen molar-refractivity contribution in [1.29, 1.82) is 0 Å². The summed E-state index contributed by atoms with van der Waals surface area (Å²) in [7, 11) is 0. The van der Waals surface area contributed by atoms with Crippen molar-refractivity contribution >= 4 is 5.91 Å². The summed E-state index contributed by atoms with van der Waals surface area (Å²) >= 11 is 0. The van der Waals surface area contributed by atoms with Crippen molar-refractivity contribution in [3.8, 4) is 0 Å². The fourth-order valence-corrected chi connectivity index (χ4v) is 3.80. The van der Waals surface area contributed by atoms with Gasteiger partial charge in [-0.05, 0) is 36.0 Å². The lowest BCUT2D eigenvalue weighted by Crippen LogP contribution is -2.44. The summed E-state index contributed by atoms with van der Waals surface area (Å²) in [6.45, 7) is 14.1. The molecule has 1 saturated carbocycles. The number of carbonyl (C=O) groups is 1. The molecule has 0 bridgehead atoms. The highest BCUT2D eigenvalue weighted by atomic mass is 16.1. The molecule has 0 aromatic rings. The molecule has 1 amide bonds. The molecule has 1 rings (SSSR count). The van der Waals surface area contributed by atoms with Crippen LogP contribution >= 0.6 is 0 Å². The van der Waals surface area contributed by atoms with Gasteiger partial charge in [-0.3, -0.25) is 4.79 Å². The monoisotopic (exact) mass is 239 g/mol. The van der Waals surface area contributed by atoms with E-state index in [1.807, 2.05) is 13.8 Å². The Kier molecular flexibility index (Phi) is 4.27. The Hall–Kier alpha value is -0.530. The average Bonchev–Trinajstić information content (AvgIpc) is 2.09. The number of rotatable bonds is 3. The molecular weight excluding hydrogens is 210 g/mol. The molecule has 2 unspecified atom stereocenters. The van der Waals surface area contributed by atoms with Gasteiger partial charge in [-0.15, -0.1) is 0 Å². The van der Waals surface area contributed by atoms with Gasteiger partial charge in [0.05, 0.1) is 0 Å². The van der Waals surface area contributed by atoms with E-state index in [9.17, 15) is 4.79 Å². The molecule has 1 N–H and O–H groups in total. The lowest BCUT2D eigenvalue weighted by molar-refractivity contribution is -0.124. The summed E-state index contributed by atoms with van der Waals surface area (Å²) in [4.78, 5) is 11.7. The number of hydrogen-bond acceptors (Lipinski definition) is 1. The zero-order valence-electron chi connectivity index (χ0n) is 12.4. The van der Waals surface area contributed by atoms with Crippen molar-refractivity contribution in [2.75, 3.05) is 6.54 Å². The molecule has 0 aliphatic heterocycles. The second-order valence-electron chi connectivity index (χ2n) is 7.54. The maximum Gasteiger partial charge on any atom is 0.222 e. The molecule has 1 aliphatic rings. The van der Waals surface area contributed by atoms with Gasteiger partial charge in [-0.1, -0.05) is 41.5 Å². The topological polar surface area (TPSA) is 29.1 Å². The van der Waals surface area contributed by atoms with Crippen molar-refractivity contribution in [2.24, 2.45) is 22.7 Å². The van der Waals surface area contributed by atoms with Crippen LogP contribution in [-0.4, -0.2) is 12.5 Å². The minimum atomic E-state index is 0.0904. The van der Waals surface area contributed by atoms with Gasteiger partial charge < -0.3 is 5.32 Å². The summed E-state index contributed by atoms with van der Waals surface area (Å²) in [5.41, 5.74) is 0.681. The molecule has 100 valence electrons. The molecule has 0 heterocycles. The summed E-state index contributed by atoms with van der Waals surface area (Å²) in [5.74, 6) is 1.04. The zero-order valence-corrected chi connectivity index (χ0v) is 12.4. The van der Waals surface area contributed by atoms with Gasteiger partial charge in [-0.2, -0.15) is 0 Å². The van der Waals surface area contributed by atoms with Gasteiger partial charge in [0.1, 0.15) is 0 Å². The summed E-state index contributed by atoms with van der Waals surface area (Å²) in [5, 5.41) is 3.11. The summed E-state index contributed by atoms with van der Waals surface area (Å²) in [6.07, 6.45) is 3.75. The van der Waals surface area contributed by atoms with Crippen molar-refractivity contribution in [3.63, 3.8) is 0 Å². The van der Waals surface area contributed by atoms with Gasteiger partial charge in [0.2, 0.25) is 5.91 Å². The smallest absolute Gasteiger partial charge is 0.222 e. The van der Waals surface area contributed by atoms with Crippen LogP contribution in [0.25, 0.3) is 0 Å². The predicted molar refractivity (Wildman–Crippen MR) is 72.8 cm³/mol. The molecule has 2 nitrogen and oxygen atoms in total. The first-order valence-electron chi connectivity index (χ1n) is 6.91. The zero-order chi connectivity index (χ0) is 13.3. The van der Waals surface area contributed by atoms with Crippen LogP contribution in [0, 0.1) is 22.7 Å². The van der Waals surface area contributed by atoms with Crippen molar-refractivity contribution in [2.45, 2.75) is 60.8 Å². The Bertz CT molecular complexity index is 283. The quantitative estimate of drug-likeness (QED) is 0.801. The van der Waals surface area contributed by atoms with Crippen LogP contribution in [0.3, 0.4) is 0 Å². The van der Waals surface area contributed by atoms with Gasteiger partial charge >= 0.3 is 0 Å². The minimum Gasteiger partial charge on any atom is -0.355 e. The van der Waals surface area contributed by atoms with Crippen molar-refractivity contribution in [1.82, 2.24) is 5.32 Å². The molecule has 2 atom stereocenters. The van der Waals surface area contributed by atoms with Crippen molar-refractivity contribution in [3.05, 3.63) is 0 Å². The number of hydrogen-bond donors (Lipinski definition) is 1. The first-order chi connectivity index (χ1) is 7.64. The van der Waals surface area contributed by atoms with Crippen LogP contribution in [0.1, 0.15) is 60.8 Å². The third kappa shape index (κ3) is 4.33. The molecule has 0 saturated heterocycles. The van der Waals surface area contributed by atoms with Gasteiger partial charge in [0, 0.05) is 12.5 Å². The highest BCUT2D eigenvalue weighted by Crippen LogP contribution is 2.48. The van der Waals surface area contributed by atoms with Crippen molar-refractivity contribution < 1.29 is 4.79 Å². The third-order valence-electron chi connectivity index (χ3n) is 3.86. The highest BCUT2D eigenvalue weighted by Gasteiger charge is 2.39. The maximum atomic E-state index is 11.7. The van der Waals surface area contributed by atoms with E-state index in [0.29, 0.717) is 5.41 Å². The van der Waals surface area contributed by atoms with Gasteiger partial charge in [0.15, 0.2) is 0 Å². The van der Waals surface area contributed by atoms with E-state index in [0.717, 1.165) is 12.5 Å². The summed E-state index contributed by atoms with van der Waals surface area (Å²) < 4.78 is 0. The van der Waals surface area contributed by atoms with Crippen LogP contribution in [0.15, 0.2) is 0 Å². The number of carbonyl (C=O) groups excluding carboxylic acids is 1. The number of amides is 1. The largest absolute Gasteiger partial charge is 0.355 e. The molecule has 2 heteroatoms. The Morgan fingerprint density at radius 1 is 1.29 bits per heavy atom. The Balaban J connectivity index is 2.58. The molecule has 0 aromatic heterocycles. The van der Waals surface area contributed by atoms with Crippen LogP contribution in [0.2, 0.25) is 0 Å². The fraction of sp³-hybridized carbons (Fsp3) is 0.933. The molecule has 17 heavy (non-hydrogen) atoms. The Morgan fingerprint density at radius 3 is 2.35 bits per heavy atom. The predicted octanol–water partition coefficient (Wildman–Crippen LogP) is 3.61. The van der Waals surface area contributed by atoms with E-state index in [-0.39, 0.29) is 17.2 Å². The molecule has 0 radical (unpaired) electrons. The lowest BCUT2D eigenvalue weighted by Gasteiger charge is -2.46. The van der Waals surface area contributed by atoms with Gasteiger partial charge in [0.25, 0.3) is 0 Å². The second-order valence-corrected chi connectivity index (χ2v) is 7.54. The van der Waals surface area contributed by atoms with Crippen LogP contribution in [0.5, 0.6) is 0 Å². The van der Waals surface area contributed by atoms with Crippen LogP contribution in [0.4, 0.5) is 0 Å². The highest BCUT2D eigenvalue weighted by molar-refractivity contribution is 5.77. The normalized spacial score (nSPS) is 32.5. The molecule has 1 fully saturated rings. The average molecular weight is 239 g/mol. The lowest BCUT2D eigenvalue weighted by atomic mass is 9.61. The second kappa shape index (κ2) is 4.99. The SMILES string of the molecule is CC1CC(C)(C)CC(C)(CNC(=O)C(C)C)C1. The van der Waals surface area contributed by atoms with Crippen LogP contribution < -0.4 is 5.32 Å². The first kappa shape index (κ1) is 14.5. The Morgan fingerprint density at radius 2 is 1.88 bits per heavy atom. The molecule has 0 aromatic carbocycles. The Labute approximate surface area is 107 Å². The van der Waals surface area contributed by atoms with E-state index in [1.165, 1.54) is 19.3 Å². The molecule has 1 aliphatic carbocycles. The van der Waals surface area contributed by atoms with Gasteiger partial charge in [-0.25, -0.2) is 0 Å². The van der Waals surface area contributed by atoms with E-state index < -0.39 is 0 Å². The van der Waals surface area contributed by atoms with E-state index in [2.05, 4.69) is 33.0 Å². The minimum absolute atomic E-state index is 0.0904.